The molecule has 1 amide bonds. The molecule has 1 atom stereocenters. The summed E-state index contributed by atoms with van der Waals surface area (Å²) in [4.78, 5) is 28.6. The summed E-state index contributed by atoms with van der Waals surface area (Å²) >= 11 is 0. The second-order valence-corrected chi connectivity index (χ2v) is 5.89. The molecule has 2 aliphatic rings. The van der Waals surface area contributed by atoms with Gasteiger partial charge in [0.05, 0.1) is 6.54 Å². The van der Waals surface area contributed by atoms with Gasteiger partial charge in [0.25, 0.3) is 11.6 Å². The molecule has 3 heterocycles. The van der Waals surface area contributed by atoms with Gasteiger partial charge in [-0.2, -0.15) is 4.98 Å². The van der Waals surface area contributed by atoms with Crippen molar-refractivity contribution in [2.24, 2.45) is 0 Å². The van der Waals surface area contributed by atoms with E-state index < -0.39 is 0 Å². The number of ether oxygens (including phenoxy) is 2. The van der Waals surface area contributed by atoms with Crippen molar-refractivity contribution < 1.29 is 14.3 Å². The number of rotatable bonds is 4. The molecule has 2 aliphatic heterocycles. The van der Waals surface area contributed by atoms with Gasteiger partial charge in [0, 0.05) is 30.9 Å². The van der Waals surface area contributed by atoms with Gasteiger partial charge in [-0.25, -0.2) is 0 Å². The maximum Gasteiger partial charge on any atom is 0.300 e. The van der Waals surface area contributed by atoms with Gasteiger partial charge in [0.15, 0.2) is 6.10 Å². The fourth-order valence-corrected chi connectivity index (χ4v) is 2.97. The smallest absolute Gasteiger partial charge is 0.300 e. The largest absolute Gasteiger partial charge is 0.490 e. The van der Waals surface area contributed by atoms with Crippen LogP contribution in [-0.2, 0) is 11.3 Å². The van der Waals surface area contributed by atoms with Crippen LogP contribution in [0.5, 0.6) is 11.8 Å². The van der Waals surface area contributed by atoms with Crippen LogP contribution < -0.4 is 19.9 Å². The number of aromatic nitrogens is 2. The van der Waals surface area contributed by atoms with E-state index in [2.05, 4.69) is 4.98 Å². The zero-order valence-electron chi connectivity index (χ0n) is 13.1. The zero-order valence-corrected chi connectivity index (χ0v) is 13.1. The Morgan fingerprint density at radius 2 is 2.04 bits per heavy atom. The Bertz CT molecular complexity index is 815. The van der Waals surface area contributed by atoms with Crippen LogP contribution in [0.4, 0.5) is 5.69 Å². The van der Waals surface area contributed by atoms with E-state index in [4.69, 9.17) is 9.47 Å². The minimum atomic E-state index is -0.310. The average Bonchev–Trinajstić information content (AvgIpc) is 3.19. The highest BCUT2D eigenvalue weighted by atomic mass is 16.6. The molecule has 0 bridgehead atoms. The molecule has 4 rings (SSSR count). The van der Waals surface area contributed by atoms with Gasteiger partial charge in [-0.3, -0.25) is 14.2 Å². The molecule has 1 fully saturated rings. The van der Waals surface area contributed by atoms with Crippen molar-refractivity contribution in [2.75, 3.05) is 18.1 Å². The minimum absolute atomic E-state index is 0.169. The highest BCUT2D eigenvalue weighted by Crippen LogP contribution is 2.24. The van der Waals surface area contributed by atoms with Crippen LogP contribution in [-0.4, -0.2) is 34.7 Å². The van der Waals surface area contributed by atoms with E-state index in [1.807, 2.05) is 24.3 Å². The lowest BCUT2D eigenvalue weighted by Crippen LogP contribution is -2.24. The van der Waals surface area contributed by atoms with E-state index in [0.717, 1.165) is 18.7 Å². The summed E-state index contributed by atoms with van der Waals surface area (Å²) in [5.74, 6) is 0.885. The normalized spacial score (nSPS) is 19.2. The first kappa shape index (κ1) is 14.7. The number of anilines is 1. The first-order chi connectivity index (χ1) is 11.7. The Kier molecular flexibility index (Phi) is 3.68. The molecule has 124 valence electrons. The Hall–Kier alpha value is -2.83. The Balaban J connectivity index is 1.35. The van der Waals surface area contributed by atoms with Crippen molar-refractivity contribution in [2.45, 2.75) is 25.5 Å². The van der Waals surface area contributed by atoms with Gasteiger partial charge in [-0.1, -0.05) is 0 Å². The molecule has 1 saturated heterocycles. The number of nitrogens with zero attached hydrogens (tertiary/aromatic N) is 3. The molecule has 1 aromatic carbocycles. The van der Waals surface area contributed by atoms with E-state index >= 15 is 0 Å². The number of carbonyl (C=O) groups is 1. The molecule has 7 heteroatoms. The predicted molar refractivity (Wildman–Crippen MR) is 86.4 cm³/mol. The molecule has 7 nitrogen and oxygen atoms in total. The fourth-order valence-electron chi connectivity index (χ4n) is 2.97. The average molecular weight is 327 g/mol. The van der Waals surface area contributed by atoms with Crippen LogP contribution >= 0.6 is 0 Å². The summed E-state index contributed by atoms with van der Waals surface area (Å²) in [6.07, 6.45) is 3.02. The third-order valence-corrected chi connectivity index (χ3v) is 4.18. The second kappa shape index (κ2) is 5.99. The lowest BCUT2D eigenvalue weighted by atomic mass is 10.3. The maximum atomic E-state index is 11.7. The highest BCUT2D eigenvalue weighted by Gasteiger charge is 2.24. The monoisotopic (exact) mass is 327 g/mol. The van der Waals surface area contributed by atoms with Crippen LogP contribution in [0, 0.1) is 0 Å². The van der Waals surface area contributed by atoms with Crippen LogP contribution in [0.25, 0.3) is 0 Å². The number of hydrogen-bond acceptors (Lipinski definition) is 5. The molecule has 0 saturated carbocycles. The standard InChI is InChI=1S/C17H17N3O4/c21-15-7-9-19-10-14(24-17(19)18-15)11-23-13-5-3-12(4-6-13)20-8-1-2-16(20)22/h3-7,9,14H,1-2,8,10-11H2. The number of benzene rings is 1. The molecule has 24 heavy (non-hydrogen) atoms. The lowest BCUT2D eigenvalue weighted by molar-refractivity contribution is -0.117. The summed E-state index contributed by atoms with van der Waals surface area (Å²) < 4.78 is 13.1. The molecule has 0 radical (unpaired) electrons. The molecule has 1 unspecified atom stereocenters. The van der Waals surface area contributed by atoms with E-state index in [-0.39, 0.29) is 17.6 Å². The van der Waals surface area contributed by atoms with Crippen molar-refractivity contribution in [3.63, 3.8) is 0 Å². The minimum Gasteiger partial charge on any atom is -0.490 e. The molecular weight excluding hydrogens is 310 g/mol. The Morgan fingerprint density at radius 3 is 2.79 bits per heavy atom. The highest BCUT2D eigenvalue weighted by molar-refractivity contribution is 5.95. The van der Waals surface area contributed by atoms with Gasteiger partial charge in [-0.15, -0.1) is 0 Å². The van der Waals surface area contributed by atoms with E-state index in [1.165, 1.54) is 6.07 Å². The van der Waals surface area contributed by atoms with E-state index in [1.54, 1.807) is 15.7 Å². The number of amides is 1. The predicted octanol–water partition coefficient (Wildman–Crippen LogP) is 1.21. The van der Waals surface area contributed by atoms with Gasteiger partial charge in [0.2, 0.25) is 5.91 Å². The fraction of sp³-hybridized carbons (Fsp3) is 0.353. The van der Waals surface area contributed by atoms with Crippen LogP contribution in [0.15, 0.2) is 41.3 Å². The summed E-state index contributed by atoms with van der Waals surface area (Å²) in [7, 11) is 0. The van der Waals surface area contributed by atoms with Gasteiger partial charge >= 0.3 is 0 Å². The summed E-state index contributed by atoms with van der Waals surface area (Å²) in [6.45, 7) is 1.74. The topological polar surface area (TPSA) is 73.7 Å². The zero-order chi connectivity index (χ0) is 16.5. The molecule has 0 spiro atoms. The van der Waals surface area contributed by atoms with E-state index in [0.29, 0.717) is 31.3 Å². The Morgan fingerprint density at radius 1 is 1.21 bits per heavy atom. The second-order valence-electron chi connectivity index (χ2n) is 5.89. The van der Waals surface area contributed by atoms with Crippen LogP contribution in [0.1, 0.15) is 12.8 Å². The van der Waals surface area contributed by atoms with Crippen LogP contribution in [0.2, 0.25) is 0 Å². The number of carbonyl (C=O) groups excluding carboxylic acids is 1. The van der Waals surface area contributed by atoms with Crippen molar-refractivity contribution in [3.05, 3.63) is 46.9 Å². The number of hydrogen-bond donors (Lipinski definition) is 0. The molecular formula is C17H17N3O4. The molecule has 0 aliphatic carbocycles. The lowest BCUT2D eigenvalue weighted by Gasteiger charge is -2.16. The third-order valence-electron chi connectivity index (χ3n) is 4.18. The van der Waals surface area contributed by atoms with Crippen molar-refractivity contribution >= 4 is 11.6 Å². The van der Waals surface area contributed by atoms with Crippen molar-refractivity contribution in [1.82, 2.24) is 9.55 Å². The summed E-state index contributed by atoms with van der Waals surface area (Å²) in [5.41, 5.74) is 0.590. The quantitative estimate of drug-likeness (QED) is 0.844. The summed E-state index contributed by atoms with van der Waals surface area (Å²) in [5, 5.41) is 0. The molecule has 1 aromatic heterocycles. The molecule has 2 aromatic rings. The molecule has 0 N–H and O–H groups in total. The first-order valence-corrected chi connectivity index (χ1v) is 7.96. The number of fused-ring (bicyclic) bond motifs is 1. The van der Waals surface area contributed by atoms with Gasteiger partial charge in [0.1, 0.15) is 12.4 Å². The summed E-state index contributed by atoms with van der Waals surface area (Å²) in [6, 6.07) is 9.23. The maximum absolute atomic E-state index is 11.7. The van der Waals surface area contributed by atoms with Crippen molar-refractivity contribution in [3.8, 4) is 11.8 Å². The third kappa shape index (κ3) is 2.84. The van der Waals surface area contributed by atoms with Crippen molar-refractivity contribution in [1.29, 1.82) is 0 Å². The van der Waals surface area contributed by atoms with E-state index in [9.17, 15) is 9.59 Å². The first-order valence-electron chi connectivity index (χ1n) is 7.96. The van der Waals surface area contributed by atoms with Crippen LogP contribution in [0.3, 0.4) is 0 Å². The van der Waals surface area contributed by atoms with Gasteiger partial charge < -0.3 is 14.4 Å². The van der Waals surface area contributed by atoms with Gasteiger partial charge in [-0.05, 0) is 30.7 Å². The SMILES string of the molecule is O=C1CCCN1c1ccc(OCC2Cn3ccc(=O)nc3O2)cc1. The Labute approximate surface area is 138 Å².